The minimum atomic E-state index is -3.05. The first-order chi connectivity index (χ1) is 12.3. The number of ether oxygens (including phenoxy) is 2. The summed E-state index contributed by atoms with van der Waals surface area (Å²) in [5.41, 5.74) is 5.76. The fourth-order valence-corrected chi connectivity index (χ4v) is 2.17. The number of hydrogen-bond donors (Lipinski definition) is 2. The summed E-state index contributed by atoms with van der Waals surface area (Å²) in [7, 11) is 0. The van der Waals surface area contributed by atoms with Gasteiger partial charge in [-0.1, -0.05) is 29.8 Å². The van der Waals surface area contributed by atoms with Crippen LogP contribution in [0.1, 0.15) is 17.3 Å². The van der Waals surface area contributed by atoms with Crippen LogP contribution in [-0.2, 0) is 9.53 Å². The van der Waals surface area contributed by atoms with Gasteiger partial charge >= 0.3 is 12.6 Å². The van der Waals surface area contributed by atoms with Crippen LogP contribution >= 0.6 is 11.6 Å². The van der Waals surface area contributed by atoms with Crippen LogP contribution in [0.2, 0.25) is 5.02 Å². The van der Waals surface area contributed by atoms with Crippen LogP contribution in [0, 0.1) is 0 Å². The summed E-state index contributed by atoms with van der Waals surface area (Å²) in [6, 6.07) is 10.1. The molecule has 0 aliphatic rings. The Bertz CT molecular complexity index is 817. The molecule has 0 aliphatic heterocycles. The Morgan fingerprint density at radius 2 is 1.85 bits per heavy atom. The van der Waals surface area contributed by atoms with E-state index in [0.717, 1.165) is 0 Å². The zero-order valence-electron chi connectivity index (χ0n) is 13.5. The van der Waals surface area contributed by atoms with Crippen LogP contribution in [0.3, 0.4) is 0 Å². The lowest BCUT2D eigenvalue weighted by molar-refractivity contribution is -0.123. The van der Waals surface area contributed by atoms with E-state index in [1.165, 1.54) is 49.4 Å². The smallest absolute Gasteiger partial charge is 0.387 e. The molecule has 0 radical (unpaired) electrons. The van der Waals surface area contributed by atoms with Crippen molar-refractivity contribution in [3.8, 4) is 5.75 Å². The van der Waals surface area contributed by atoms with Gasteiger partial charge in [0.05, 0.1) is 22.0 Å². The van der Waals surface area contributed by atoms with E-state index in [9.17, 15) is 18.4 Å². The molecule has 9 heteroatoms. The highest BCUT2D eigenvalue weighted by Crippen LogP contribution is 2.26. The van der Waals surface area contributed by atoms with Gasteiger partial charge in [-0.3, -0.25) is 4.79 Å². The third-order valence-corrected chi connectivity index (χ3v) is 3.62. The van der Waals surface area contributed by atoms with Crippen molar-refractivity contribution in [1.29, 1.82) is 0 Å². The molecule has 26 heavy (non-hydrogen) atoms. The van der Waals surface area contributed by atoms with Gasteiger partial charge in [-0.25, -0.2) is 4.79 Å². The SMILES string of the molecule is CC(OC(=O)c1cccc(Cl)c1N)C(=O)Nc1ccccc1OC(F)F. The highest BCUT2D eigenvalue weighted by Gasteiger charge is 2.22. The predicted molar refractivity (Wildman–Crippen MR) is 92.4 cm³/mol. The summed E-state index contributed by atoms with van der Waals surface area (Å²) in [6.45, 7) is -1.72. The molecule has 1 atom stereocenters. The lowest BCUT2D eigenvalue weighted by atomic mass is 10.2. The van der Waals surface area contributed by atoms with Crippen LogP contribution in [-0.4, -0.2) is 24.6 Å². The zero-order valence-corrected chi connectivity index (χ0v) is 14.3. The molecule has 0 saturated carbocycles. The lowest BCUT2D eigenvalue weighted by Crippen LogP contribution is -2.30. The third kappa shape index (κ3) is 4.82. The topological polar surface area (TPSA) is 90.7 Å². The average molecular weight is 385 g/mol. The number of nitrogen functional groups attached to an aromatic ring is 1. The van der Waals surface area contributed by atoms with E-state index in [2.05, 4.69) is 10.1 Å². The molecular weight excluding hydrogens is 370 g/mol. The van der Waals surface area contributed by atoms with Crippen molar-refractivity contribution in [2.75, 3.05) is 11.1 Å². The van der Waals surface area contributed by atoms with Gasteiger partial charge in [0.2, 0.25) is 0 Å². The van der Waals surface area contributed by atoms with Crippen molar-refractivity contribution >= 4 is 34.9 Å². The normalized spacial score (nSPS) is 11.7. The lowest BCUT2D eigenvalue weighted by Gasteiger charge is -2.16. The molecule has 0 spiro atoms. The summed E-state index contributed by atoms with van der Waals surface area (Å²) in [5.74, 6) is -1.79. The number of hydrogen-bond acceptors (Lipinski definition) is 5. The van der Waals surface area contributed by atoms with Gasteiger partial charge < -0.3 is 20.5 Å². The molecule has 0 fully saturated rings. The molecular formula is C17H15ClF2N2O4. The van der Waals surface area contributed by atoms with Crippen LogP contribution in [0.25, 0.3) is 0 Å². The van der Waals surface area contributed by atoms with Crippen LogP contribution < -0.4 is 15.8 Å². The maximum Gasteiger partial charge on any atom is 0.387 e. The Labute approximate surface area is 152 Å². The summed E-state index contributed by atoms with van der Waals surface area (Å²) >= 11 is 5.84. The third-order valence-electron chi connectivity index (χ3n) is 3.29. The summed E-state index contributed by atoms with van der Waals surface area (Å²) in [5, 5.41) is 2.54. The first kappa shape index (κ1) is 19.5. The van der Waals surface area contributed by atoms with E-state index in [4.69, 9.17) is 22.1 Å². The van der Waals surface area contributed by atoms with Gasteiger partial charge in [0, 0.05) is 0 Å². The van der Waals surface area contributed by atoms with Crippen molar-refractivity contribution in [3.63, 3.8) is 0 Å². The van der Waals surface area contributed by atoms with E-state index < -0.39 is 24.6 Å². The minimum Gasteiger partial charge on any atom is -0.449 e. The molecule has 138 valence electrons. The summed E-state index contributed by atoms with van der Waals surface area (Å²) in [6.07, 6.45) is -1.22. The van der Waals surface area contributed by atoms with Gasteiger partial charge in [-0.2, -0.15) is 8.78 Å². The zero-order chi connectivity index (χ0) is 19.3. The van der Waals surface area contributed by atoms with E-state index in [1.54, 1.807) is 0 Å². The maximum atomic E-state index is 12.4. The number of nitrogens with one attached hydrogen (secondary N) is 1. The largest absolute Gasteiger partial charge is 0.449 e. The number of carbonyl (C=O) groups is 2. The highest BCUT2D eigenvalue weighted by molar-refractivity contribution is 6.33. The fourth-order valence-electron chi connectivity index (χ4n) is 2.00. The second-order valence-corrected chi connectivity index (χ2v) is 5.52. The highest BCUT2D eigenvalue weighted by atomic mass is 35.5. The Hall–Kier alpha value is -2.87. The van der Waals surface area contributed by atoms with Crippen molar-refractivity contribution in [3.05, 3.63) is 53.1 Å². The van der Waals surface area contributed by atoms with Crippen LogP contribution in [0.15, 0.2) is 42.5 Å². The number of para-hydroxylation sites is 3. The Morgan fingerprint density at radius 3 is 2.54 bits per heavy atom. The number of esters is 1. The molecule has 0 heterocycles. The molecule has 3 N–H and O–H groups in total. The van der Waals surface area contributed by atoms with Crippen molar-refractivity contribution in [2.45, 2.75) is 19.6 Å². The second-order valence-electron chi connectivity index (χ2n) is 5.11. The van der Waals surface area contributed by atoms with E-state index in [0.29, 0.717) is 0 Å². The van der Waals surface area contributed by atoms with Crippen LogP contribution in [0.4, 0.5) is 20.2 Å². The molecule has 2 aromatic carbocycles. The number of amides is 1. The second kappa shape index (κ2) is 8.48. The van der Waals surface area contributed by atoms with E-state index in [1.807, 2.05) is 0 Å². The standard InChI is InChI=1S/C17H15ClF2N2O4/c1-9(25-16(24)10-5-4-6-11(18)14(10)21)15(23)22-12-7-2-3-8-13(12)26-17(19)20/h2-9,17H,21H2,1H3,(H,22,23). The maximum absolute atomic E-state index is 12.4. The predicted octanol–water partition coefficient (Wildman–Crippen LogP) is 3.71. The monoisotopic (exact) mass is 384 g/mol. The number of benzene rings is 2. The number of halogens is 3. The number of carbonyl (C=O) groups excluding carboxylic acids is 2. The Balaban J connectivity index is 2.06. The first-order valence-corrected chi connectivity index (χ1v) is 7.77. The Morgan fingerprint density at radius 1 is 1.15 bits per heavy atom. The first-order valence-electron chi connectivity index (χ1n) is 7.39. The molecule has 1 amide bonds. The average Bonchev–Trinajstić information content (AvgIpc) is 2.58. The quantitative estimate of drug-likeness (QED) is 0.585. The van der Waals surface area contributed by atoms with Crippen molar-refractivity contribution < 1.29 is 27.8 Å². The molecule has 0 bridgehead atoms. The molecule has 2 rings (SSSR count). The number of rotatable bonds is 6. The Kier molecular flexibility index (Phi) is 6.35. The van der Waals surface area contributed by atoms with E-state index >= 15 is 0 Å². The van der Waals surface area contributed by atoms with Crippen LogP contribution in [0.5, 0.6) is 5.75 Å². The molecule has 0 aromatic heterocycles. The van der Waals surface area contributed by atoms with Gasteiger partial charge in [-0.15, -0.1) is 0 Å². The van der Waals surface area contributed by atoms with Gasteiger partial charge in [0.25, 0.3) is 5.91 Å². The summed E-state index contributed by atoms with van der Waals surface area (Å²) < 4.78 is 34.2. The number of alkyl halides is 2. The molecule has 2 aromatic rings. The molecule has 0 aliphatic carbocycles. The van der Waals surface area contributed by atoms with Gasteiger partial charge in [-0.05, 0) is 31.2 Å². The molecule has 6 nitrogen and oxygen atoms in total. The number of anilines is 2. The molecule has 1 unspecified atom stereocenters. The van der Waals surface area contributed by atoms with E-state index in [-0.39, 0.29) is 27.7 Å². The van der Waals surface area contributed by atoms with Gasteiger partial charge in [0.1, 0.15) is 5.75 Å². The summed E-state index contributed by atoms with van der Waals surface area (Å²) in [4.78, 5) is 24.3. The van der Waals surface area contributed by atoms with Crippen molar-refractivity contribution in [2.24, 2.45) is 0 Å². The molecule has 0 saturated heterocycles. The number of nitrogens with two attached hydrogens (primary N) is 1. The van der Waals surface area contributed by atoms with Crippen molar-refractivity contribution in [1.82, 2.24) is 0 Å². The minimum absolute atomic E-state index is 0.0126. The fraction of sp³-hybridized carbons (Fsp3) is 0.176. The van der Waals surface area contributed by atoms with Gasteiger partial charge in [0.15, 0.2) is 6.10 Å².